The Hall–Kier alpha value is -4.38. The molecule has 5 N–H and O–H groups in total. The highest BCUT2D eigenvalue weighted by Crippen LogP contribution is 2.45. The first-order chi connectivity index (χ1) is 17.9. The molecule has 7 rings (SSSR count). The van der Waals surface area contributed by atoms with E-state index in [1.165, 1.54) is 11.3 Å². The highest BCUT2D eigenvalue weighted by molar-refractivity contribution is 7.10. The molecule has 0 radical (unpaired) electrons. The summed E-state index contributed by atoms with van der Waals surface area (Å²) in [5.74, 6) is -0.775. The van der Waals surface area contributed by atoms with Crippen LogP contribution in [0.5, 0.6) is 11.5 Å². The van der Waals surface area contributed by atoms with E-state index in [0.717, 1.165) is 20.8 Å². The van der Waals surface area contributed by atoms with Gasteiger partial charge in [0, 0.05) is 52.1 Å². The number of carbonyl (C=O) groups is 2. The third-order valence-corrected chi connectivity index (χ3v) is 8.14. The number of benzene rings is 3. The Kier molecular flexibility index (Phi) is 4.47. The smallest absolute Gasteiger partial charge is 0.276 e. The van der Waals surface area contributed by atoms with Crippen molar-refractivity contribution in [1.82, 2.24) is 20.0 Å². The Morgan fingerprint density at radius 3 is 2.41 bits per heavy atom. The van der Waals surface area contributed by atoms with Crippen molar-refractivity contribution in [3.05, 3.63) is 69.4 Å². The van der Waals surface area contributed by atoms with E-state index in [1.807, 2.05) is 23.1 Å². The highest BCUT2D eigenvalue weighted by Gasteiger charge is 2.41. The summed E-state index contributed by atoms with van der Waals surface area (Å²) in [7, 11) is 1.85. The van der Waals surface area contributed by atoms with Gasteiger partial charge in [-0.25, -0.2) is 10.4 Å². The summed E-state index contributed by atoms with van der Waals surface area (Å²) in [4.78, 5) is 31.9. The van der Waals surface area contributed by atoms with Gasteiger partial charge < -0.3 is 24.9 Å². The number of carbonyl (C=O) groups excluding carboxylic acids is 2. The second kappa shape index (κ2) is 7.56. The summed E-state index contributed by atoms with van der Waals surface area (Å²) in [6, 6.07) is 11.7. The van der Waals surface area contributed by atoms with Crippen LogP contribution in [0, 0.1) is 0 Å². The topological polar surface area (TPSA) is 131 Å². The minimum Gasteiger partial charge on any atom is -0.508 e. The number of aliphatic hydroxyl groups excluding tert-OH is 1. The summed E-state index contributed by atoms with van der Waals surface area (Å²) in [6.45, 7) is 0.0748. The van der Waals surface area contributed by atoms with Gasteiger partial charge in [0.05, 0.1) is 39.8 Å². The number of aryl methyl sites for hydroxylation is 1. The Morgan fingerprint density at radius 2 is 1.65 bits per heavy atom. The quantitative estimate of drug-likeness (QED) is 0.225. The fourth-order valence-corrected chi connectivity index (χ4v) is 6.32. The fourth-order valence-electron chi connectivity index (χ4n) is 5.56. The molecule has 9 nitrogen and oxygen atoms in total. The van der Waals surface area contributed by atoms with Crippen LogP contribution in [-0.4, -0.2) is 41.7 Å². The molecule has 6 aromatic rings. The van der Waals surface area contributed by atoms with Crippen molar-refractivity contribution in [2.24, 2.45) is 7.05 Å². The SMILES string of the molecule is Cn1c2cc(O)ccc2c2c3c(c4c5ccc(O)cc5[nH]c4c21)C(=O)N(NCc1ccsc1CO)C3=O. The molecule has 4 heterocycles. The molecular weight excluding hydrogens is 492 g/mol. The summed E-state index contributed by atoms with van der Waals surface area (Å²) in [6.07, 6.45) is 0. The molecule has 0 bridgehead atoms. The number of thiophene rings is 1. The molecule has 10 heteroatoms. The number of hydrogen-bond acceptors (Lipinski definition) is 7. The maximum atomic E-state index is 13.9. The van der Waals surface area contributed by atoms with E-state index in [9.17, 15) is 24.9 Å². The van der Waals surface area contributed by atoms with Crippen LogP contribution < -0.4 is 5.43 Å². The Labute approximate surface area is 212 Å². The molecule has 1 aliphatic heterocycles. The van der Waals surface area contributed by atoms with Crippen LogP contribution in [0.2, 0.25) is 0 Å². The number of nitrogens with one attached hydrogen (secondary N) is 2. The average molecular weight is 513 g/mol. The van der Waals surface area contributed by atoms with Crippen LogP contribution in [0.25, 0.3) is 43.6 Å². The molecule has 0 fully saturated rings. The van der Waals surface area contributed by atoms with E-state index < -0.39 is 11.8 Å². The van der Waals surface area contributed by atoms with Crippen molar-refractivity contribution in [3.63, 3.8) is 0 Å². The van der Waals surface area contributed by atoms with Gasteiger partial charge in [-0.15, -0.1) is 11.3 Å². The maximum Gasteiger partial charge on any atom is 0.276 e. The maximum absolute atomic E-state index is 13.9. The van der Waals surface area contributed by atoms with Gasteiger partial charge in [0.1, 0.15) is 11.5 Å². The van der Waals surface area contributed by atoms with Gasteiger partial charge in [-0.05, 0) is 41.3 Å². The van der Waals surface area contributed by atoms with E-state index in [1.54, 1.807) is 36.4 Å². The van der Waals surface area contributed by atoms with E-state index in [-0.39, 0.29) is 35.8 Å². The second-order valence-corrected chi connectivity index (χ2v) is 10.1. The van der Waals surface area contributed by atoms with Gasteiger partial charge in [0.15, 0.2) is 0 Å². The zero-order valence-corrected chi connectivity index (χ0v) is 20.3. The predicted octanol–water partition coefficient (Wildman–Crippen LogP) is 4.23. The van der Waals surface area contributed by atoms with Crippen LogP contribution in [0.3, 0.4) is 0 Å². The minimum atomic E-state index is -0.475. The number of amides is 2. The predicted molar refractivity (Wildman–Crippen MR) is 141 cm³/mol. The number of phenols is 2. The Balaban J connectivity index is 1.54. The van der Waals surface area contributed by atoms with Gasteiger partial charge in [-0.2, -0.15) is 0 Å². The number of H-pyrrole nitrogens is 1. The third-order valence-electron chi connectivity index (χ3n) is 7.20. The highest BCUT2D eigenvalue weighted by atomic mass is 32.1. The average Bonchev–Trinajstić information content (AvgIpc) is 3.61. The first-order valence-electron chi connectivity index (χ1n) is 11.6. The van der Waals surface area contributed by atoms with Crippen molar-refractivity contribution < 1.29 is 24.9 Å². The third kappa shape index (κ3) is 2.85. The van der Waals surface area contributed by atoms with E-state index in [2.05, 4.69) is 10.4 Å². The molecule has 3 aromatic carbocycles. The summed E-state index contributed by atoms with van der Waals surface area (Å²) >= 11 is 1.41. The molecule has 0 saturated carbocycles. The molecule has 1 aliphatic rings. The number of hydrogen-bond donors (Lipinski definition) is 5. The number of hydrazine groups is 1. The van der Waals surface area contributed by atoms with Gasteiger partial charge in [-0.3, -0.25) is 9.59 Å². The number of nitrogens with zero attached hydrogens (tertiary/aromatic N) is 2. The first-order valence-corrected chi connectivity index (χ1v) is 12.5. The van der Waals surface area contributed by atoms with Crippen molar-refractivity contribution >= 4 is 66.8 Å². The molecule has 2 amide bonds. The lowest BCUT2D eigenvalue weighted by molar-refractivity contribution is 0.0563. The molecule has 3 aromatic heterocycles. The number of imide groups is 1. The van der Waals surface area contributed by atoms with Crippen molar-refractivity contribution in [2.45, 2.75) is 13.2 Å². The molecule has 0 atom stereocenters. The number of rotatable bonds is 4. The Morgan fingerprint density at radius 1 is 0.946 bits per heavy atom. The van der Waals surface area contributed by atoms with Crippen molar-refractivity contribution in [1.29, 1.82) is 0 Å². The van der Waals surface area contributed by atoms with Crippen LogP contribution in [0.15, 0.2) is 47.8 Å². The molecule has 0 unspecified atom stereocenters. The van der Waals surface area contributed by atoms with E-state index >= 15 is 0 Å². The van der Waals surface area contributed by atoms with Crippen LogP contribution in [-0.2, 0) is 20.2 Å². The molecule has 37 heavy (non-hydrogen) atoms. The molecule has 0 saturated heterocycles. The van der Waals surface area contributed by atoms with Gasteiger partial charge in [-0.1, -0.05) is 0 Å². The van der Waals surface area contributed by atoms with Gasteiger partial charge in [0.25, 0.3) is 11.8 Å². The number of aromatic nitrogens is 2. The fraction of sp³-hybridized carbons (Fsp3) is 0.111. The van der Waals surface area contributed by atoms with Crippen LogP contribution >= 0.6 is 11.3 Å². The number of aromatic amines is 1. The molecular formula is C27H20N4O5S. The van der Waals surface area contributed by atoms with E-state index in [0.29, 0.717) is 38.2 Å². The molecule has 0 spiro atoms. The Bertz CT molecular complexity index is 1960. The lowest BCUT2D eigenvalue weighted by Crippen LogP contribution is -2.42. The van der Waals surface area contributed by atoms with Crippen LogP contribution in [0.4, 0.5) is 0 Å². The normalized spacial score (nSPS) is 13.7. The summed E-state index contributed by atoms with van der Waals surface area (Å²) in [5, 5.41) is 35.4. The number of aromatic hydroxyl groups is 2. The molecule has 0 aliphatic carbocycles. The minimum absolute atomic E-state index is 0.0788. The van der Waals surface area contributed by atoms with E-state index in [4.69, 9.17) is 0 Å². The zero-order chi connectivity index (χ0) is 25.6. The molecule has 184 valence electrons. The largest absolute Gasteiger partial charge is 0.508 e. The first kappa shape index (κ1) is 21.9. The van der Waals surface area contributed by atoms with Crippen molar-refractivity contribution in [3.8, 4) is 11.5 Å². The van der Waals surface area contributed by atoms with Crippen molar-refractivity contribution in [2.75, 3.05) is 0 Å². The van der Waals surface area contributed by atoms with Crippen LogP contribution in [0.1, 0.15) is 31.2 Å². The number of fused-ring (bicyclic) bond motifs is 10. The van der Waals surface area contributed by atoms with Gasteiger partial charge in [0.2, 0.25) is 0 Å². The monoisotopic (exact) mass is 512 g/mol. The number of aliphatic hydroxyl groups is 1. The summed E-state index contributed by atoms with van der Waals surface area (Å²) < 4.78 is 1.90. The second-order valence-electron chi connectivity index (χ2n) is 9.15. The van der Waals surface area contributed by atoms with Gasteiger partial charge >= 0.3 is 0 Å². The lowest BCUT2D eigenvalue weighted by atomic mass is 9.96. The zero-order valence-electron chi connectivity index (χ0n) is 19.5. The summed E-state index contributed by atoms with van der Waals surface area (Å²) in [5.41, 5.74) is 7.09. The number of phenolic OH excluding ortho intramolecular Hbond substituents is 2. The standard InChI is InChI=1S/C27H20N4O5S/c1-30-18-9-14(34)3-5-16(18)21-23-22(20-15-4-2-13(33)8-17(15)29-24(20)25(21)30)26(35)31(27(23)36)28-10-12-6-7-37-19(12)11-32/h2-9,28-29,32-34H,10-11H2,1H3. The lowest BCUT2D eigenvalue weighted by Gasteiger charge is -2.15.